The van der Waals surface area contributed by atoms with E-state index in [-0.39, 0.29) is 0 Å². The minimum atomic E-state index is 0.323. The van der Waals surface area contributed by atoms with Gasteiger partial charge in [0.15, 0.2) is 0 Å². The number of ether oxygens (including phenoxy) is 1. The van der Waals surface area contributed by atoms with Crippen molar-refractivity contribution in [1.29, 1.82) is 0 Å². The highest BCUT2D eigenvalue weighted by Crippen LogP contribution is 2.48. The molecule has 94 valence electrons. The number of halogens is 1. The molecule has 4 unspecified atom stereocenters. The third-order valence-corrected chi connectivity index (χ3v) is 6.10. The molecule has 0 saturated heterocycles. The fourth-order valence-electron chi connectivity index (χ4n) is 3.28. The molecule has 2 aliphatic carbocycles. The predicted octanol–water partition coefficient (Wildman–Crippen LogP) is 4.39. The summed E-state index contributed by atoms with van der Waals surface area (Å²) in [4.78, 5) is 0.642. The quantitative estimate of drug-likeness (QED) is 0.685. The van der Waals surface area contributed by atoms with Gasteiger partial charge in [-0.1, -0.05) is 43.6 Å². The third-order valence-electron chi connectivity index (χ3n) is 4.55. The molecule has 1 nitrogen and oxygen atoms in total. The van der Waals surface area contributed by atoms with Crippen LogP contribution in [0.1, 0.15) is 53.4 Å². The van der Waals surface area contributed by atoms with Crippen molar-refractivity contribution >= 4 is 15.9 Å². The summed E-state index contributed by atoms with van der Waals surface area (Å²) in [6, 6.07) is 0. The Bertz CT molecular complexity index is 241. The van der Waals surface area contributed by atoms with E-state index in [4.69, 9.17) is 4.74 Å². The molecule has 0 aromatic rings. The summed E-state index contributed by atoms with van der Waals surface area (Å²) in [5, 5.41) is 0. The molecule has 0 radical (unpaired) electrons. The van der Waals surface area contributed by atoms with Crippen molar-refractivity contribution in [2.75, 3.05) is 0 Å². The SMILES string of the molecule is CC1CC(C)CC(OC2CC(Br)C2(C)C)C1. The fraction of sp³-hybridized carbons (Fsp3) is 1.00. The maximum Gasteiger partial charge on any atom is 0.0651 e. The van der Waals surface area contributed by atoms with Gasteiger partial charge in [-0.25, -0.2) is 0 Å². The highest BCUT2D eigenvalue weighted by atomic mass is 79.9. The van der Waals surface area contributed by atoms with Gasteiger partial charge < -0.3 is 4.74 Å². The van der Waals surface area contributed by atoms with Crippen LogP contribution in [0.15, 0.2) is 0 Å². The molecule has 0 N–H and O–H groups in total. The number of hydrogen-bond acceptors (Lipinski definition) is 1. The lowest BCUT2D eigenvalue weighted by atomic mass is 9.68. The Labute approximate surface area is 108 Å². The van der Waals surface area contributed by atoms with Crippen LogP contribution in [-0.4, -0.2) is 17.0 Å². The summed E-state index contributed by atoms with van der Waals surface area (Å²) in [7, 11) is 0. The zero-order valence-electron chi connectivity index (χ0n) is 11.0. The summed E-state index contributed by atoms with van der Waals surface area (Å²) in [5.41, 5.74) is 0.323. The van der Waals surface area contributed by atoms with Gasteiger partial charge in [-0.3, -0.25) is 0 Å². The molecule has 4 atom stereocenters. The Balaban J connectivity index is 1.86. The van der Waals surface area contributed by atoms with E-state index in [1.54, 1.807) is 0 Å². The van der Waals surface area contributed by atoms with Crippen molar-refractivity contribution in [2.45, 2.75) is 70.4 Å². The molecule has 16 heavy (non-hydrogen) atoms. The molecule has 0 aromatic carbocycles. The first-order valence-corrected chi connectivity index (χ1v) is 7.60. The van der Waals surface area contributed by atoms with E-state index < -0.39 is 0 Å². The van der Waals surface area contributed by atoms with Crippen LogP contribution in [0.3, 0.4) is 0 Å². The largest absolute Gasteiger partial charge is 0.374 e. The molecular formula is C14H25BrO. The monoisotopic (exact) mass is 288 g/mol. The average molecular weight is 289 g/mol. The van der Waals surface area contributed by atoms with E-state index in [1.165, 1.54) is 25.7 Å². The van der Waals surface area contributed by atoms with Gasteiger partial charge in [0.25, 0.3) is 0 Å². The first-order chi connectivity index (χ1) is 7.39. The van der Waals surface area contributed by atoms with Crippen LogP contribution >= 0.6 is 15.9 Å². The van der Waals surface area contributed by atoms with E-state index in [1.807, 2.05) is 0 Å². The highest BCUT2D eigenvalue weighted by Gasteiger charge is 2.48. The molecule has 0 bridgehead atoms. The molecule has 0 spiro atoms. The second kappa shape index (κ2) is 4.61. The molecular weight excluding hydrogens is 264 g/mol. The van der Waals surface area contributed by atoms with Crippen molar-refractivity contribution < 1.29 is 4.74 Å². The lowest BCUT2D eigenvalue weighted by molar-refractivity contribution is -0.138. The topological polar surface area (TPSA) is 9.23 Å². The summed E-state index contributed by atoms with van der Waals surface area (Å²) < 4.78 is 6.32. The number of rotatable bonds is 2. The van der Waals surface area contributed by atoms with Crippen LogP contribution in [0, 0.1) is 17.3 Å². The summed E-state index contributed by atoms with van der Waals surface area (Å²) in [6.07, 6.45) is 6.09. The lowest BCUT2D eigenvalue weighted by Crippen LogP contribution is -2.53. The van der Waals surface area contributed by atoms with E-state index >= 15 is 0 Å². The predicted molar refractivity (Wildman–Crippen MR) is 72.0 cm³/mol. The molecule has 2 rings (SSSR count). The standard InChI is InChI=1S/C14H25BrO/c1-9-5-10(2)7-11(6-9)16-13-8-12(15)14(13,3)4/h9-13H,5-8H2,1-4H3. The van der Waals surface area contributed by atoms with Gasteiger partial charge in [-0.2, -0.15) is 0 Å². The van der Waals surface area contributed by atoms with Gasteiger partial charge in [-0.15, -0.1) is 0 Å². The summed E-state index contributed by atoms with van der Waals surface area (Å²) in [6.45, 7) is 9.36. The fourth-order valence-corrected chi connectivity index (χ4v) is 3.92. The Morgan fingerprint density at radius 2 is 1.56 bits per heavy atom. The molecule has 2 fully saturated rings. The average Bonchev–Trinajstić information content (AvgIpc) is 2.15. The molecule has 0 aromatic heterocycles. The van der Waals surface area contributed by atoms with Gasteiger partial charge in [0, 0.05) is 10.2 Å². The minimum absolute atomic E-state index is 0.323. The van der Waals surface area contributed by atoms with Crippen molar-refractivity contribution in [2.24, 2.45) is 17.3 Å². The van der Waals surface area contributed by atoms with Gasteiger partial charge in [0.05, 0.1) is 12.2 Å². The second-order valence-electron chi connectivity index (χ2n) is 6.69. The van der Waals surface area contributed by atoms with Crippen molar-refractivity contribution in [3.05, 3.63) is 0 Å². The molecule has 2 aliphatic rings. The highest BCUT2D eigenvalue weighted by molar-refractivity contribution is 9.09. The number of hydrogen-bond donors (Lipinski definition) is 0. The Morgan fingerprint density at radius 3 is 2.00 bits per heavy atom. The first kappa shape index (κ1) is 12.9. The molecule has 0 heterocycles. The Kier molecular flexibility index (Phi) is 3.71. The van der Waals surface area contributed by atoms with Crippen LogP contribution in [0.25, 0.3) is 0 Å². The summed E-state index contributed by atoms with van der Waals surface area (Å²) in [5.74, 6) is 1.69. The van der Waals surface area contributed by atoms with Crippen molar-refractivity contribution in [1.82, 2.24) is 0 Å². The van der Waals surface area contributed by atoms with Gasteiger partial charge in [0.1, 0.15) is 0 Å². The van der Waals surface area contributed by atoms with Crippen LogP contribution < -0.4 is 0 Å². The molecule has 2 heteroatoms. The van der Waals surface area contributed by atoms with Gasteiger partial charge >= 0.3 is 0 Å². The van der Waals surface area contributed by atoms with E-state index in [2.05, 4.69) is 43.6 Å². The zero-order valence-corrected chi connectivity index (χ0v) is 12.6. The van der Waals surface area contributed by atoms with Crippen LogP contribution in [0.2, 0.25) is 0 Å². The van der Waals surface area contributed by atoms with E-state index in [9.17, 15) is 0 Å². The summed E-state index contributed by atoms with van der Waals surface area (Å²) >= 11 is 3.73. The lowest BCUT2D eigenvalue weighted by Gasteiger charge is -2.51. The normalized spacial score (nSPS) is 47.4. The molecule has 0 amide bonds. The van der Waals surface area contributed by atoms with E-state index in [0.29, 0.717) is 22.5 Å². The van der Waals surface area contributed by atoms with Crippen molar-refractivity contribution in [3.63, 3.8) is 0 Å². The van der Waals surface area contributed by atoms with Crippen LogP contribution in [-0.2, 0) is 4.74 Å². The van der Waals surface area contributed by atoms with Crippen LogP contribution in [0.5, 0.6) is 0 Å². The third kappa shape index (κ3) is 2.48. The molecule has 2 saturated carbocycles. The minimum Gasteiger partial charge on any atom is -0.374 e. The smallest absolute Gasteiger partial charge is 0.0651 e. The zero-order chi connectivity index (χ0) is 11.9. The number of alkyl halides is 1. The van der Waals surface area contributed by atoms with Crippen molar-refractivity contribution in [3.8, 4) is 0 Å². The Hall–Kier alpha value is 0.440. The van der Waals surface area contributed by atoms with Crippen LogP contribution in [0.4, 0.5) is 0 Å². The van der Waals surface area contributed by atoms with Gasteiger partial charge in [0.2, 0.25) is 0 Å². The molecule has 0 aliphatic heterocycles. The van der Waals surface area contributed by atoms with E-state index in [0.717, 1.165) is 11.8 Å². The maximum absolute atomic E-state index is 6.32. The first-order valence-electron chi connectivity index (χ1n) is 6.69. The second-order valence-corrected chi connectivity index (χ2v) is 7.79. The van der Waals surface area contributed by atoms with Gasteiger partial charge in [-0.05, 0) is 37.5 Å². The maximum atomic E-state index is 6.32. The Morgan fingerprint density at radius 1 is 1.00 bits per heavy atom.